The molecule has 1 aliphatic heterocycles. The number of carbonyl (C=O) groups excluding carboxylic acids is 2. The van der Waals surface area contributed by atoms with E-state index in [0.717, 1.165) is 37.1 Å². The largest absolute Gasteiger partial charge is 0.462 e. The third-order valence-electron chi connectivity index (χ3n) is 4.33. The molecule has 0 atom stereocenters. The maximum Gasteiger partial charge on any atom is 0.341 e. The van der Waals surface area contributed by atoms with Crippen LogP contribution >= 0.6 is 11.3 Å². The van der Waals surface area contributed by atoms with E-state index in [4.69, 9.17) is 4.74 Å². The van der Waals surface area contributed by atoms with Gasteiger partial charge in [0, 0.05) is 23.3 Å². The number of hydrogen-bond acceptors (Lipinski definition) is 6. The minimum absolute atomic E-state index is 0.0967. The van der Waals surface area contributed by atoms with Crippen molar-refractivity contribution in [2.75, 3.05) is 31.6 Å². The highest BCUT2D eigenvalue weighted by Crippen LogP contribution is 2.36. The van der Waals surface area contributed by atoms with Gasteiger partial charge in [-0.05, 0) is 50.6 Å². The normalized spacial score (nSPS) is 14.8. The van der Waals surface area contributed by atoms with Crippen molar-refractivity contribution in [3.8, 4) is 11.1 Å². The number of hydrogen-bond donors (Lipinski definition) is 1. The van der Waals surface area contributed by atoms with Crippen molar-refractivity contribution in [2.45, 2.75) is 26.2 Å². The summed E-state index contributed by atoms with van der Waals surface area (Å²) in [7, 11) is 0. The molecular weight excluding hydrogens is 350 g/mol. The van der Waals surface area contributed by atoms with Crippen molar-refractivity contribution in [1.82, 2.24) is 9.88 Å². The molecule has 0 aliphatic carbocycles. The number of nitrogens with zero attached hydrogens (tertiary/aromatic N) is 2. The highest BCUT2D eigenvalue weighted by molar-refractivity contribution is 7.15. The number of piperidine rings is 1. The summed E-state index contributed by atoms with van der Waals surface area (Å²) in [5, 5.41) is 5.32. The molecule has 1 aliphatic rings. The summed E-state index contributed by atoms with van der Waals surface area (Å²) in [4.78, 5) is 31.1. The summed E-state index contributed by atoms with van der Waals surface area (Å²) in [5.74, 6) is -0.519. The van der Waals surface area contributed by atoms with Crippen molar-refractivity contribution in [1.29, 1.82) is 0 Å². The highest BCUT2D eigenvalue weighted by Gasteiger charge is 2.23. The highest BCUT2D eigenvalue weighted by atomic mass is 32.1. The van der Waals surface area contributed by atoms with Gasteiger partial charge in [0.15, 0.2) is 0 Å². The first kappa shape index (κ1) is 18.5. The number of anilines is 1. The first-order valence-corrected chi connectivity index (χ1v) is 9.78. The predicted octanol–water partition coefficient (Wildman–Crippen LogP) is 3.41. The summed E-state index contributed by atoms with van der Waals surface area (Å²) in [5.41, 5.74) is 2.04. The lowest BCUT2D eigenvalue weighted by molar-refractivity contribution is -0.117. The van der Waals surface area contributed by atoms with E-state index in [0.29, 0.717) is 17.1 Å². The Bertz CT molecular complexity index is 755. The second kappa shape index (κ2) is 8.91. The minimum atomic E-state index is -0.422. The number of aromatic nitrogens is 1. The van der Waals surface area contributed by atoms with E-state index in [1.54, 1.807) is 19.3 Å². The molecule has 0 spiro atoms. The van der Waals surface area contributed by atoms with Crippen LogP contribution in [0.3, 0.4) is 0 Å². The molecule has 3 heterocycles. The summed E-state index contributed by atoms with van der Waals surface area (Å²) >= 11 is 1.34. The van der Waals surface area contributed by atoms with Gasteiger partial charge in [0.25, 0.3) is 0 Å². The van der Waals surface area contributed by atoms with Gasteiger partial charge < -0.3 is 10.1 Å². The molecule has 0 radical (unpaired) electrons. The molecule has 3 rings (SSSR count). The van der Waals surface area contributed by atoms with Crippen LogP contribution in [-0.2, 0) is 9.53 Å². The summed E-state index contributed by atoms with van der Waals surface area (Å²) in [6.45, 7) is 4.30. The van der Waals surface area contributed by atoms with E-state index in [1.807, 2.05) is 17.5 Å². The maximum absolute atomic E-state index is 12.5. The zero-order valence-electron chi connectivity index (χ0n) is 14.9. The fourth-order valence-electron chi connectivity index (χ4n) is 3.09. The number of esters is 1. The third-order valence-corrected chi connectivity index (χ3v) is 5.23. The Morgan fingerprint density at radius 2 is 1.96 bits per heavy atom. The Morgan fingerprint density at radius 3 is 2.65 bits per heavy atom. The van der Waals surface area contributed by atoms with Gasteiger partial charge in [-0.15, -0.1) is 11.3 Å². The fraction of sp³-hybridized carbons (Fsp3) is 0.421. The average molecular weight is 373 g/mol. The van der Waals surface area contributed by atoms with E-state index < -0.39 is 5.97 Å². The number of ether oxygens (including phenoxy) is 1. The van der Waals surface area contributed by atoms with Crippen LogP contribution < -0.4 is 5.32 Å². The summed E-state index contributed by atoms with van der Waals surface area (Å²) in [6.07, 6.45) is 6.84. The number of rotatable bonds is 6. The molecule has 2 aromatic heterocycles. The topological polar surface area (TPSA) is 71.5 Å². The molecule has 1 amide bonds. The van der Waals surface area contributed by atoms with E-state index >= 15 is 0 Å². The number of pyridine rings is 1. The Labute approximate surface area is 157 Å². The van der Waals surface area contributed by atoms with Crippen LogP contribution in [-0.4, -0.2) is 48.0 Å². The molecular formula is C19H23N3O3S. The molecule has 1 fully saturated rings. The van der Waals surface area contributed by atoms with Crippen LogP contribution in [0.2, 0.25) is 0 Å². The maximum atomic E-state index is 12.5. The monoisotopic (exact) mass is 373 g/mol. The first-order valence-electron chi connectivity index (χ1n) is 8.90. The van der Waals surface area contributed by atoms with Crippen LogP contribution in [0.1, 0.15) is 36.5 Å². The van der Waals surface area contributed by atoms with E-state index in [2.05, 4.69) is 15.2 Å². The van der Waals surface area contributed by atoms with Gasteiger partial charge >= 0.3 is 5.97 Å². The van der Waals surface area contributed by atoms with Crippen molar-refractivity contribution < 1.29 is 14.3 Å². The van der Waals surface area contributed by atoms with Gasteiger partial charge in [-0.3, -0.25) is 14.7 Å². The number of thiophene rings is 1. The van der Waals surface area contributed by atoms with Gasteiger partial charge in [-0.1, -0.05) is 6.42 Å². The SMILES string of the molecule is CCOC(=O)c1c(-c2ccncc2)csc1NC(=O)CN1CCCCC1. The Balaban J connectivity index is 1.80. The van der Waals surface area contributed by atoms with Crippen molar-refractivity contribution in [3.05, 3.63) is 35.5 Å². The van der Waals surface area contributed by atoms with Crippen LogP contribution in [0.25, 0.3) is 11.1 Å². The summed E-state index contributed by atoms with van der Waals surface area (Å²) in [6, 6.07) is 3.67. The van der Waals surface area contributed by atoms with Gasteiger partial charge in [0.2, 0.25) is 5.91 Å². The molecule has 7 heteroatoms. The molecule has 0 bridgehead atoms. The van der Waals surface area contributed by atoms with Crippen molar-refractivity contribution in [3.63, 3.8) is 0 Å². The standard InChI is InChI=1S/C19H23N3O3S/c1-2-25-19(24)17-15(14-6-8-20-9-7-14)13-26-18(17)21-16(23)12-22-10-4-3-5-11-22/h6-9,13H,2-5,10-12H2,1H3,(H,21,23). The lowest BCUT2D eigenvalue weighted by Gasteiger charge is -2.25. The van der Waals surface area contributed by atoms with Gasteiger partial charge in [-0.25, -0.2) is 4.79 Å². The number of likely N-dealkylation sites (tertiary alicyclic amines) is 1. The molecule has 6 nitrogen and oxygen atoms in total. The number of nitrogens with one attached hydrogen (secondary N) is 1. The third kappa shape index (κ3) is 4.47. The van der Waals surface area contributed by atoms with Gasteiger partial charge in [0.1, 0.15) is 10.6 Å². The van der Waals surface area contributed by atoms with Crippen LogP contribution in [0.15, 0.2) is 29.9 Å². The van der Waals surface area contributed by atoms with E-state index in [9.17, 15) is 9.59 Å². The van der Waals surface area contributed by atoms with Crippen molar-refractivity contribution >= 4 is 28.2 Å². The van der Waals surface area contributed by atoms with E-state index in [1.165, 1.54) is 17.8 Å². The second-order valence-electron chi connectivity index (χ2n) is 6.19. The lowest BCUT2D eigenvalue weighted by atomic mass is 10.1. The Kier molecular flexibility index (Phi) is 6.35. The first-order chi connectivity index (χ1) is 12.7. The predicted molar refractivity (Wildman–Crippen MR) is 102 cm³/mol. The molecule has 1 N–H and O–H groups in total. The zero-order valence-corrected chi connectivity index (χ0v) is 15.7. The van der Waals surface area contributed by atoms with Gasteiger partial charge in [0.05, 0.1) is 13.2 Å². The Morgan fingerprint density at radius 1 is 1.23 bits per heavy atom. The molecule has 1 saturated heterocycles. The van der Waals surface area contributed by atoms with E-state index in [-0.39, 0.29) is 12.5 Å². The molecule has 26 heavy (non-hydrogen) atoms. The van der Waals surface area contributed by atoms with Crippen LogP contribution in [0.5, 0.6) is 0 Å². The Hall–Kier alpha value is -2.25. The molecule has 0 aromatic carbocycles. The van der Waals surface area contributed by atoms with Gasteiger partial charge in [-0.2, -0.15) is 0 Å². The zero-order chi connectivity index (χ0) is 18.4. The fourth-order valence-corrected chi connectivity index (χ4v) is 4.06. The minimum Gasteiger partial charge on any atom is -0.462 e. The van der Waals surface area contributed by atoms with Crippen LogP contribution in [0, 0.1) is 0 Å². The molecule has 0 saturated carbocycles. The lowest BCUT2D eigenvalue weighted by Crippen LogP contribution is -2.36. The quantitative estimate of drug-likeness (QED) is 0.786. The summed E-state index contributed by atoms with van der Waals surface area (Å²) < 4.78 is 5.21. The number of carbonyl (C=O) groups is 2. The van der Waals surface area contributed by atoms with Crippen molar-refractivity contribution in [2.24, 2.45) is 0 Å². The second-order valence-corrected chi connectivity index (χ2v) is 7.07. The average Bonchev–Trinajstić information content (AvgIpc) is 3.07. The molecule has 2 aromatic rings. The smallest absolute Gasteiger partial charge is 0.341 e. The number of amides is 1. The molecule has 0 unspecified atom stereocenters. The van der Waals surface area contributed by atoms with Crippen LogP contribution in [0.4, 0.5) is 5.00 Å². The molecule has 138 valence electrons.